The molecular formula is C30H36N5O13S2+. The Labute approximate surface area is 287 Å². The molecule has 7 N–H and O–H groups in total. The third-order valence-corrected chi connectivity index (χ3v) is 8.93. The van der Waals surface area contributed by atoms with Gasteiger partial charge in [-0.1, -0.05) is 12.1 Å². The predicted molar refractivity (Wildman–Crippen MR) is 176 cm³/mol. The second-order valence-electron chi connectivity index (χ2n) is 11.0. The molecule has 0 saturated heterocycles. The predicted octanol–water partition coefficient (Wildman–Crippen LogP) is -0.972. The zero-order valence-electron chi connectivity index (χ0n) is 26.5. The Bertz CT molecular complexity index is 1900. The smallest absolute Gasteiger partial charge is 0.335 e. The van der Waals surface area contributed by atoms with Crippen molar-refractivity contribution in [2.24, 2.45) is 0 Å². The van der Waals surface area contributed by atoms with Gasteiger partial charge in [0.2, 0.25) is 11.8 Å². The Balaban J connectivity index is 1.47. The van der Waals surface area contributed by atoms with Crippen LogP contribution in [-0.4, -0.2) is 119 Å². The van der Waals surface area contributed by atoms with Gasteiger partial charge in [-0.2, -0.15) is 26.3 Å². The maximum Gasteiger partial charge on any atom is 0.335 e. The Morgan fingerprint density at radius 1 is 0.880 bits per heavy atom. The average molecular weight is 739 g/mol. The monoisotopic (exact) mass is 738 g/mol. The number of aliphatic hydroxyl groups is 1. The molecule has 1 saturated carbocycles. The van der Waals surface area contributed by atoms with Crippen LogP contribution in [0, 0.1) is 0 Å². The van der Waals surface area contributed by atoms with Crippen LogP contribution in [0.2, 0.25) is 0 Å². The number of benzene rings is 1. The normalized spacial score (nSPS) is 17.9. The molecule has 1 aromatic carbocycles. The Morgan fingerprint density at radius 2 is 1.42 bits per heavy atom. The van der Waals surface area contributed by atoms with E-state index in [-0.39, 0.29) is 50.3 Å². The minimum Gasteiger partial charge on any atom is -0.492 e. The van der Waals surface area contributed by atoms with Crippen LogP contribution in [0.25, 0.3) is 0 Å². The molecule has 20 heteroatoms. The van der Waals surface area contributed by atoms with E-state index in [4.69, 9.17) is 13.9 Å². The molecule has 0 radical (unpaired) electrons. The number of aliphatic hydroxyl groups excluding tert-OH is 1. The third kappa shape index (κ3) is 9.72. The van der Waals surface area contributed by atoms with Gasteiger partial charge in [0.15, 0.2) is 30.4 Å². The first kappa shape index (κ1) is 38.1. The van der Waals surface area contributed by atoms with Gasteiger partial charge in [-0.3, -0.25) is 18.7 Å². The average Bonchev–Trinajstić information content (AvgIpc) is 3.48. The summed E-state index contributed by atoms with van der Waals surface area (Å²) >= 11 is 0. The van der Waals surface area contributed by atoms with Crippen molar-refractivity contribution in [2.75, 3.05) is 44.2 Å². The molecule has 0 amide bonds. The number of hydrogen-bond acceptors (Lipinski definition) is 12. The number of allylic oxidation sites excluding steroid dienone is 5. The Morgan fingerprint density at radius 3 is 1.92 bits per heavy atom. The van der Waals surface area contributed by atoms with Crippen molar-refractivity contribution in [3.8, 4) is 11.8 Å². The number of ketones is 2. The molecule has 270 valence electrons. The van der Waals surface area contributed by atoms with E-state index in [2.05, 4.69) is 0 Å². The lowest BCUT2D eigenvalue weighted by Crippen LogP contribution is -2.36. The second-order valence-corrected chi connectivity index (χ2v) is 13.5. The minimum atomic E-state index is -4.50. The first-order valence-electron chi connectivity index (χ1n) is 15.1. The molecule has 2 aliphatic rings. The number of anilines is 1. The van der Waals surface area contributed by atoms with Gasteiger partial charge in [-0.15, -0.1) is 4.73 Å². The van der Waals surface area contributed by atoms with Crippen molar-refractivity contribution >= 4 is 49.5 Å². The summed E-state index contributed by atoms with van der Waals surface area (Å²) in [6.07, 6.45) is 4.13. The van der Waals surface area contributed by atoms with Crippen molar-refractivity contribution in [2.45, 2.75) is 25.4 Å². The van der Waals surface area contributed by atoms with Gasteiger partial charge in [-0.25, -0.2) is 9.37 Å². The molecule has 2 aromatic rings. The number of Topliss-reactive ketones (excluding diaryl/α,β-unsaturated/α-hetero) is 2. The van der Waals surface area contributed by atoms with E-state index in [1.54, 1.807) is 24.3 Å². The maximum absolute atomic E-state index is 13.5. The van der Waals surface area contributed by atoms with Gasteiger partial charge in [0.05, 0.1) is 31.0 Å². The lowest BCUT2D eigenvalue weighted by molar-refractivity contribution is -0.522. The number of nitrogens with zero attached hydrogens (tertiary/aromatic N) is 3. The Hall–Kier alpha value is -4.70. The molecule has 50 heavy (non-hydrogen) atoms. The fourth-order valence-corrected chi connectivity index (χ4v) is 6.10. The highest BCUT2D eigenvalue weighted by molar-refractivity contribution is 7.84. The molecule has 1 fully saturated rings. The van der Waals surface area contributed by atoms with Gasteiger partial charge in [-0.05, 0) is 42.3 Å². The summed E-state index contributed by atoms with van der Waals surface area (Å²) in [6.45, 7) is 1.93. The summed E-state index contributed by atoms with van der Waals surface area (Å²) in [6, 6.07) is 8.85. The van der Waals surface area contributed by atoms with Crippen LogP contribution in [0.4, 0.5) is 5.69 Å². The maximum atomic E-state index is 13.5. The van der Waals surface area contributed by atoms with Crippen LogP contribution in [0.1, 0.15) is 24.8 Å². The van der Waals surface area contributed by atoms with Crippen LogP contribution >= 0.6 is 0 Å². The van der Waals surface area contributed by atoms with Gasteiger partial charge < -0.3 is 25.1 Å². The van der Waals surface area contributed by atoms with E-state index in [0.717, 1.165) is 12.1 Å². The number of rotatable bonds is 15. The number of carbonyl (C=O) groups excluding carboxylic acids is 3. The highest BCUT2D eigenvalue weighted by atomic mass is 32.2. The molecule has 0 bridgehead atoms. The highest BCUT2D eigenvalue weighted by Crippen LogP contribution is 2.36. The molecule has 0 aliphatic heterocycles. The van der Waals surface area contributed by atoms with Gasteiger partial charge in [0, 0.05) is 43.1 Å². The van der Waals surface area contributed by atoms with E-state index >= 15 is 0 Å². The second kappa shape index (κ2) is 15.9. The number of aromatic hydroxyl groups is 2. The van der Waals surface area contributed by atoms with Gasteiger partial charge >= 0.3 is 26.6 Å². The zero-order chi connectivity index (χ0) is 36.8. The molecular weight excluding hydrogens is 702 g/mol. The van der Waals surface area contributed by atoms with Crippen LogP contribution in [0.5, 0.6) is 11.8 Å². The molecule has 2 atom stereocenters. The molecule has 4 rings (SSSR count). The first-order chi connectivity index (χ1) is 23.5. The van der Waals surface area contributed by atoms with Crippen molar-refractivity contribution in [3.63, 3.8) is 0 Å². The summed E-state index contributed by atoms with van der Waals surface area (Å²) in [5.74, 6) is -4.19. The summed E-state index contributed by atoms with van der Waals surface area (Å²) in [7, 11) is -9.00. The summed E-state index contributed by atoms with van der Waals surface area (Å²) in [5.41, 5.74) is 1.46. The topological polar surface area (TPSA) is 265 Å². The summed E-state index contributed by atoms with van der Waals surface area (Å²) < 4.78 is 68.0. The number of hydrogen-bond donors (Lipinski definition) is 7. The van der Waals surface area contributed by atoms with Crippen molar-refractivity contribution < 1.29 is 65.1 Å². The highest BCUT2D eigenvalue weighted by Gasteiger charge is 2.46. The zero-order valence-corrected chi connectivity index (χ0v) is 28.2. The van der Waals surface area contributed by atoms with E-state index in [0.29, 0.717) is 28.2 Å². The Kier molecular flexibility index (Phi) is 12.1. The van der Waals surface area contributed by atoms with E-state index in [9.17, 15) is 46.5 Å². The SMILES string of the molecule is CCN(CCC(=O)On1c(O)ccc1O)c1ccc(C2C(=O)C(=C3C=CC(=[N+](CCNS(=O)(=O)O)CCNS(=O)(=O)O)C=C3)C(=O)C2O)cc1. The fraction of sp³-hybridized carbons (Fsp3) is 0.333. The number of carbonyl (C=O) groups is 3. The van der Waals surface area contributed by atoms with E-state index in [1.165, 1.54) is 28.9 Å². The van der Waals surface area contributed by atoms with E-state index in [1.807, 2.05) is 21.3 Å². The summed E-state index contributed by atoms with van der Waals surface area (Å²) in [4.78, 5) is 45.8. The third-order valence-electron chi connectivity index (χ3n) is 7.79. The van der Waals surface area contributed by atoms with Crippen LogP contribution < -0.4 is 19.2 Å². The minimum absolute atomic E-state index is 0.0417. The number of nitrogens with one attached hydrogen (secondary N) is 2. The molecule has 18 nitrogen and oxygen atoms in total. The largest absolute Gasteiger partial charge is 0.492 e. The van der Waals surface area contributed by atoms with E-state index < -0.39 is 61.9 Å². The lowest BCUT2D eigenvalue weighted by Gasteiger charge is -2.23. The summed E-state index contributed by atoms with van der Waals surface area (Å²) in [5, 5.41) is 30.2. The van der Waals surface area contributed by atoms with Gasteiger partial charge in [0.1, 0.15) is 6.10 Å². The standard InChI is InChI=1S/C30H35N5O13S2/c1-2-33(16-13-25(38)48-35-23(36)11-12-24(35)37)21-7-3-19(4-8-21)26-28(39)27(30(41)29(26)40)20-5-9-22(10-6-20)34(17-14-31-49(42,43)44)18-15-32-50(45,46)47/h3-12,26,29,31-32,40H,2,13-18H2,1H3,(H3,39,41,42,43,44,45,46,47)/p+1. The number of aromatic nitrogens is 1. The van der Waals surface area contributed by atoms with Gasteiger partial charge in [0.25, 0.3) is 0 Å². The molecule has 1 heterocycles. The van der Waals surface area contributed by atoms with Crippen LogP contribution in [-0.2, 0) is 35.0 Å². The van der Waals surface area contributed by atoms with Crippen molar-refractivity contribution in [3.05, 3.63) is 77.4 Å². The van der Waals surface area contributed by atoms with Crippen molar-refractivity contribution in [1.29, 1.82) is 0 Å². The molecule has 0 spiro atoms. The molecule has 2 aliphatic carbocycles. The van der Waals surface area contributed by atoms with Crippen molar-refractivity contribution in [1.82, 2.24) is 14.2 Å². The first-order valence-corrected chi connectivity index (χ1v) is 18.0. The lowest BCUT2D eigenvalue weighted by atomic mass is 9.93. The van der Waals surface area contributed by atoms with Crippen LogP contribution in [0.15, 0.2) is 71.8 Å². The fourth-order valence-electron chi connectivity index (χ4n) is 5.40. The quantitative estimate of drug-likeness (QED) is 0.0502. The molecule has 1 aromatic heterocycles. The molecule has 2 unspecified atom stereocenters. The van der Waals surface area contributed by atoms with Crippen LogP contribution in [0.3, 0.4) is 0 Å².